The molecule has 0 spiro atoms. The standard InChI is InChI=1S/C9H9BF2O2/c1-2-14-9(13)7-3-5-8(6-4-7)10(11)12/h3-6H,2H2,1H3. The zero-order valence-electron chi connectivity index (χ0n) is 7.67. The zero-order valence-corrected chi connectivity index (χ0v) is 7.67. The molecule has 0 amide bonds. The van der Waals surface area contributed by atoms with Gasteiger partial charge >= 0.3 is 13.2 Å². The maximum atomic E-state index is 12.1. The Morgan fingerprint density at radius 1 is 1.36 bits per heavy atom. The van der Waals surface area contributed by atoms with Gasteiger partial charge in [-0.3, -0.25) is 8.63 Å². The number of carbonyl (C=O) groups excluding carboxylic acids is 1. The molecule has 0 heterocycles. The quantitative estimate of drug-likeness (QED) is 0.543. The molecule has 0 aliphatic rings. The van der Waals surface area contributed by atoms with E-state index >= 15 is 0 Å². The van der Waals surface area contributed by atoms with Crippen molar-refractivity contribution >= 4 is 18.7 Å². The molecule has 0 bridgehead atoms. The maximum Gasteiger partial charge on any atom is 0.571 e. The number of rotatable bonds is 3. The van der Waals surface area contributed by atoms with Crippen molar-refractivity contribution in [2.75, 3.05) is 6.61 Å². The predicted octanol–water partition coefficient (Wildman–Crippen LogP) is 1.50. The molecule has 0 aliphatic heterocycles. The Labute approximate surface area is 81.1 Å². The molecular weight excluding hydrogens is 189 g/mol. The maximum absolute atomic E-state index is 12.1. The van der Waals surface area contributed by atoms with Gasteiger partial charge in [-0.15, -0.1) is 0 Å². The number of hydrogen-bond acceptors (Lipinski definition) is 2. The van der Waals surface area contributed by atoms with E-state index in [-0.39, 0.29) is 17.6 Å². The highest BCUT2D eigenvalue weighted by molar-refractivity contribution is 6.59. The molecule has 0 aromatic heterocycles. The second kappa shape index (κ2) is 4.74. The molecular formula is C9H9BF2O2. The summed E-state index contributed by atoms with van der Waals surface area (Å²) in [5.41, 5.74) is 0.189. The lowest BCUT2D eigenvalue weighted by Gasteiger charge is -2.01. The fraction of sp³-hybridized carbons (Fsp3) is 0.222. The van der Waals surface area contributed by atoms with E-state index < -0.39 is 13.2 Å². The average Bonchev–Trinajstić information content (AvgIpc) is 2.18. The lowest BCUT2D eigenvalue weighted by atomic mass is 9.86. The van der Waals surface area contributed by atoms with Crippen molar-refractivity contribution in [1.82, 2.24) is 0 Å². The van der Waals surface area contributed by atoms with Crippen LogP contribution in [0.1, 0.15) is 17.3 Å². The molecule has 0 fully saturated rings. The third-order valence-corrected chi connectivity index (χ3v) is 1.67. The van der Waals surface area contributed by atoms with Gasteiger partial charge in [0.25, 0.3) is 0 Å². The number of halogens is 2. The Balaban J connectivity index is 2.78. The van der Waals surface area contributed by atoms with Gasteiger partial charge in [-0.2, -0.15) is 0 Å². The van der Waals surface area contributed by atoms with Gasteiger partial charge in [0.05, 0.1) is 12.2 Å². The Kier molecular flexibility index (Phi) is 3.62. The van der Waals surface area contributed by atoms with Crippen LogP contribution < -0.4 is 5.46 Å². The number of ether oxygens (including phenoxy) is 1. The van der Waals surface area contributed by atoms with Crippen LogP contribution in [0.25, 0.3) is 0 Å². The monoisotopic (exact) mass is 198 g/mol. The summed E-state index contributed by atoms with van der Waals surface area (Å²) in [6, 6.07) is 5.10. The number of carbonyl (C=O) groups is 1. The molecule has 5 heteroatoms. The van der Waals surface area contributed by atoms with Gasteiger partial charge in [0.1, 0.15) is 0 Å². The molecule has 0 atom stereocenters. The summed E-state index contributed by atoms with van der Waals surface area (Å²) in [5.74, 6) is -0.492. The summed E-state index contributed by atoms with van der Waals surface area (Å²) in [5, 5.41) is 0. The Morgan fingerprint density at radius 2 is 1.93 bits per heavy atom. The van der Waals surface area contributed by atoms with E-state index in [0.29, 0.717) is 0 Å². The molecule has 2 nitrogen and oxygen atoms in total. The van der Waals surface area contributed by atoms with E-state index in [9.17, 15) is 13.4 Å². The second-order valence-corrected chi connectivity index (χ2v) is 2.64. The Morgan fingerprint density at radius 3 is 2.36 bits per heavy atom. The third-order valence-electron chi connectivity index (χ3n) is 1.67. The number of hydrogen-bond donors (Lipinski definition) is 0. The van der Waals surface area contributed by atoms with Crippen LogP contribution >= 0.6 is 0 Å². The van der Waals surface area contributed by atoms with Crippen LogP contribution in [0.4, 0.5) is 8.63 Å². The van der Waals surface area contributed by atoms with Gasteiger partial charge in [0.2, 0.25) is 0 Å². The van der Waals surface area contributed by atoms with E-state index in [1.54, 1.807) is 6.92 Å². The van der Waals surface area contributed by atoms with Gasteiger partial charge < -0.3 is 4.74 Å². The molecule has 74 valence electrons. The largest absolute Gasteiger partial charge is 0.571 e. The fourth-order valence-corrected chi connectivity index (χ4v) is 0.979. The highest BCUT2D eigenvalue weighted by Crippen LogP contribution is 2.01. The molecule has 1 rings (SSSR count). The Bertz CT molecular complexity index is 311. The SMILES string of the molecule is CCOC(=O)c1ccc(B(F)F)cc1. The number of benzene rings is 1. The molecule has 0 aliphatic carbocycles. The van der Waals surface area contributed by atoms with Crippen LogP contribution in [0.2, 0.25) is 0 Å². The minimum atomic E-state index is -2.51. The highest BCUT2D eigenvalue weighted by Gasteiger charge is 2.16. The van der Waals surface area contributed by atoms with Crippen LogP contribution in [0.5, 0.6) is 0 Å². The fourth-order valence-electron chi connectivity index (χ4n) is 0.979. The van der Waals surface area contributed by atoms with E-state index in [0.717, 1.165) is 0 Å². The van der Waals surface area contributed by atoms with Gasteiger partial charge in [-0.25, -0.2) is 4.79 Å². The van der Waals surface area contributed by atoms with Crippen molar-refractivity contribution in [3.05, 3.63) is 29.8 Å². The molecule has 0 N–H and O–H groups in total. The van der Waals surface area contributed by atoms with Crippen LogP contribution in [0.3, 0.4) is 0 Å². The summed E-state index contributed by atoms with van der Waals surface area (Å²) >= 11 is 0. The van der Waals surface area contributed by atoms with Crippen molar-refractivity contribution in [3.8, 4) is 0 Å². The van der Waals surface area contributed by atoms with Gasteiger partial charge in [0, 0.05) is 0 Å². The normalized spacial score (nSPS) is 9.64. The third kappa shape index (κ3) is 2.55. The first-order valence-corrected chi connectivity index (χ1v) is 4.20. The summed E-state index contributed by atoms with van der Waals surface area (Å²) < 4.78 is 29.0. The second-order valence-electron chi connectivity index (χ2n) is 2.64. The van der Waals surface area contributed by atoms with Gasteiger partial charge in [-0.05, 0) is 24.5 Å². The van der Waals surface area contributed by atoms with Crippen molar-refractivity contribution in [3.63, 3.8) is 0 Å². The topological polar surface area (TPSA) is 26.3 Å². The molecule has 1 aromatic carbocycles. The van der Waals surface area contributed by atoms with Crippen molar-refractivity contribution in [2.24, 2.45) is 0 Å². The first-order chi connectivity index (χ1) is 6.65. The molecule has 1 aromatic rings. The van der Waals surface area contributed by atoms with E-state index in [2.05, 4.69) is 0 Å². The highest BCUT2D eigenvalue weighted by atomic mass is 19.2. The van der Waals surface area contributed by atoms with Crippen molar-refractivity contribution in [2.45, 2.75) is 6.92 Å². The zero-order chi connectivity index (χ0) is 10.6. The first kappa shape index (κ1) is 10.7. The molecule has 0 saturated heterocycles. The van der Waals surface area contributed by atoms with Crippen LogP contribution in [0.15, 0.2) is 24.3 Å². The summed E-state index contributed by atoms with van der Waals surface area (Å²) in [6.07, 6.45) is 0. The Hall–Kier alpha value is -1.39. The molecule has 0 saturated carbocycles. The smallest absolute Gasteiger partial charge is 0.462 e. The summed E-state index contributed by atoms with van der Waals surface area (Å²) in [6.45, 7) is 1.96. The summed E-state index contributed by atoms with van der Waals surface area (Å²) in [7, 11) is -2.51. The average molecular weight is 198 g/mol. The van der Waals surface area contributed by atoms with Gasteiger partial charge in [-0.1, -0.05) is 12.1 Å². The minimum Gasteiger partial charge on any atom is -0.462 e. The van der Waals surface area contributed by atoms with E-state index in [4.69, 9.17) is 4.74 Å². The number of esters is 1. The molecule has 14 heavy (non-hydrogen) atoms. The predicted molar refractivity (Wildman–Crippen MR) is 50.0 cm³/mol. The minimum absolute atomic E-state index is 0.0990. The summed E-state index contributed by atoms with van der Waals surface area (Å²) in [4.78, 5) is 11.1. The molecule has 0 radical (unpaired) electrons. The van der Waals surface area contributed by atoms with E-state index in [1.165, 1.54) is 24.3 Å². The van der Waals surface area contributed by atoms with Crippen LogP contribution in [-0.4, -0.2) is 19.8 Å². The first-order valence-electron chi connectivity index (χ1n) is 4.20. The van der Waals surface area contributed by atoms with E-state index in [1.807, 2.05) is 0 Å². The van der Waals surface area contributed by atoms with Crippen LogP contribution in [-0.2, 0) is 4.74 Å². The van der Waals surface area contributed by atoms with Crippen molar-refractivity contribution < 1.29 is 18.2 Å². The van der Waals surface area contributed by atoms with Gasteiger partial charge in [0.15, 0.2) is 0 Å². The lowest BCUT2D eigenvalue weighted by molar-refractivity contribution is 0.0526. The molecule has 0 unspecified atom stereocenters. The van der Waals surface area contributed by atoms with Crippen molar-refractivity contribution in [1.29, 1.82) is 0 Å². The van der Waals surface area contributed by atoms with Crippen LogP contribution in [0, 0.1) is 0 Å². The lowest BCUT2D eigenvalue weighted by Crippen LogP contribution is -2.20.